The fraction of sp³-hybridized carbons (Fsp3) is 0.545. The Labute approximate surface area is 100 Å². The van der Waals surface area contributed by atoms with Gasteiger partial charge in [0.25, 0.3) is 0 Å². The molecule has 0 unspecified atom stereocenters. The molecule has 1 aromatic rings. The Balaban J connectivity index is 2.46. The molecule has 0 aliphatic heterocycles. The lowest BCUT2D eigenvalue weighted by molar-refractivity contribution is -0.142. The predicted octanol–water partition coefficient (Wildman–Crippen LogP) is 1.16. The van der Waals surface area contributed by atoms with Crippen molar-refractivity contribution < 1.29 is 14.3 Å². The van der Waals surface area contributed by atoms with Gasteiger partial charge in [0, 0.05) is 18.3 Å². The maximum atomic E-state index is 11.1. The highest BCUT2D eigenvalue weighted by atomic mass is 16.5. The summed E-state index contributed by atoms with van der Waals surface area (Å²) in [6.45, 7) is 4.46. The lowest BCUT2D eigenvalue weighted by atomic mass is 10.4. The van der Waals surface area contributed by atoms with Crippen LogP contribution in [0.25, 0.3) is 0 Å². The van der Waals surface area contributed by atoms with Crippen LogP contribution in [0.3, 0.4) is 0 Å². The number of nitrogens with one attached hydrogen (secondary N) is 1. The zero-order valence-corrected chi connectivity index (χ0v) is 10.3. The van der Waals surface area contributed by atoms with Crippen molar-refractivity contribution in [2.24, 2.45) is 0 Å². The second-order valence-corrected chi connectivity index (χ2v) is 3.36. The highest BCUT2D eigenvalue weighted by molar-refractivity contribution is 5.69. The van der Waals surface area contributed by atoms with Crippen molar-refractivity contribution in [1.82, 2.24) is 9.97 Å². The number of carbonyl (C=O) groups excluding carboxylic acids is 1. The van der Waals surface area contributed by atoms with Gasteiger partial charge in [-0.05, 0) is 13.8 Å². The minimum absolute atomic E-state index is 0.236. The number of esters is 1. The minimum atomic E-state index is -0.236. The van der Waals surface area contributed by atoms with Crippen LogP contribution in [0.1, 0.15) is 19.0 Å². The molecule has 6 heteroatoms. The molecule has 1 heterocycles. The van der Waals surface area contributed by atoms with Crippen LogP contribution in [0.4, 0.5) is 5.95 Å². The van der Waals surface area contributed by atoms with Crippen LogP contribution in [-0.2, 0) is 9.53 Å². The van der Waals surface area contributed by atoms with E-state index in [9.17, 15) is 4.79 Å². The summed E-state index contributed by atoms with van der Waals surface area (Å²) in [7, 11) is 1.55. The summed E-state index contributed by atoms with van der Waals surface area (Å²) in [6, 6.07) is 1.73. The van der Waals surface area contributed by atoms with Crippen LogP contribution in [0, 0.1) is 6.92 Å². The fourth-order valence-electron chi connectivity index (χ4n) is 1.23. The second-order valence-electron chi connectivity index (χ2n) is 3.36. The summed E-state index contributed by atoms with van der Waals surface area (Å²) < 4.78 is 9.82. The van der Waals surface area contributed by atoms with Gasteiger partial charge in [0.05, 0.1) is 20.1 Å². The van der Waals surface area contributed by atoms with Gasteiger partial charge < -0.3 is 14.8 Å². The smallest absolute Gasteiger partial charge is 0.307 e. The lowest BCUT2D eigenvalue weighted by Gasteiger charge is -2.07. The van der Waals surface area contributed by atoms with Crippen LogP contribution < -0.4 is 10.1 Å². The van der Waals surface area contributed by atoms with Gasteiger partial charge in [-0.25, -0.2) is 4.98 Å². The third-order valence-corrected chi connectivity index (χ3v) is 1.96. The first kappa shape index (κ1) is 13.2. The van der Waals surface area contributed by atoms with Gasteiger partial charge in [-0.3, -0.25) is 4.79 Å². The third-order valence-electron chi connectivity index (χ3n) is 1.96. The number of nitrogens with zero attached hydrogens (tertiary/aromatic N) is 2. The van der Waals surface area contributed by atoms with E-state index in [1.807, 2.05) is 6.92 Å². The number of aromatic nitrogens is 2. The van der Waals surface area contributed by atoms with E-state index in [2.05, 4.69) is 15.3 Å². The van der Waals surface area contributed by atoms with E-state index in [0.717, 1.165) is 5.69 Å². The molecule has 0 aliphatic carbocycles. The number of hydrogen-bond donors (Lipinski definition) is 1. The average Bonchev–Trinajstić information content (AvgIpc) is 2.28. The minimum Gasteiger partial charge on any atom is -0.481 e. The number of carbonyl (C=O) groups is 1. The van der Waals surface area contributed by atoms with Gasteiger partial charge in [0.1, 0.15) is 0 Å². The lowest BCUT2D eigenvalue weighted by Crippen LogP contribution is -2.13. The molecule has 1 rings (SSSR count). The molecular formula is C11H17N3O3. The highest BCUT2D eigenvalue weighted by Gasteiger charge is 2.04. The van der Waals surface area contributed by atoms with E-state index in [0.29, 0.717) is 25.0 Å². The Morgan fingerprint density at radius 2 is 2.24 bits per heavy atom. The molecule has 1 N–H and O–H groups in total. The number of anilines is 1. The van der Waals surface area contributed by atoms with Crippen LogP contribution in [0.15, 0.2) is 6.07 Å². The van der Waals surface area contributed by atoms with Crippen LogP contribution in [-0.4, -0.2) is 36.2 Å². The second kappa shape index (κ2) is 6.67. The summed E-state index contributed by atoms with van der Waals surface area (Å²) in [5, 5.41) is 2.95. The molecule has 0 saturated heterocycles. The quantitative estimate of drug-likeness (QED) is 0.751. The average molecular weight is 239 g/mol. The summed E-state index contributed by atoms with van der Waals surface area (Å²) >= 11 is 0. The maximum absolute atomic E-state index is 11.1. The van der Waals surface area contributed by atoms with Gasteiger partial charge >= 0.3 is 5.97 Å². The maximum Gasteiger partial charge on any atom is 0.307 e. The number of hydrogen-bond acceptors (Lipinski definition) is 6. The summed E-state index contributed by atoms with van der Waals surface area (Å²) in [5.74, 6) is 0.710. The molecule has 0 atom stereocenters. The topological polar surface area (TPSA) is 73.3 Å². The number of aryl methyl sites for hydroxylation is 1. The zero-order chi connectivity index (χ0) is 12.7. The molecule has 1 aromatic heterocycles. The first-order valence-electron chi connectivity index (χ1n) is 5.45. The van der Waals surface area contributed by atoms with Gasteiger partial charge in [-0.15, -0.1) is 0 Å². The summed E-state index contributed by atoms with van der Waals surface area (Å²) in [4.78, 5) is 19.4. The molecule has 6 nitrogen and oxygen atoms in total. The van der Waals surface area contributed by atoms with Crippen molar-refractivity contribution in [2.75, 3.05) is 25.6 Å². The molecule has 94 valence electrons. The predicted molar refractivity (Wildman–Crippen MR) is 63.1 cm³/mol. The number of methoxy groups -OCH3 is 1. The molecule has 0 aliphatic rings. The van der Waals surface area contributed by atoms with Crippen LogP contribution in [0.2, 0.25) is 0 Å². The van der Waals surface area contributed by atoms with Crippen molar-refractivity contribution in [1.29, 1.82) is 0 Å². The van der Waals surface area contributed by atoms with E-state index in [-0.39, 0.29) is 12.4 Å². The van der Waals surface area contributed by atoms with Crippen molar-refractivity contribution in [2.45, 2.75) is 20.3 Å². The van der Waals surface area contributed by atoms with Crippen LogP contribution in [0.5, 0.6) is 5.88 Å². The molecule has 0 aromatic carbocycles. The largest absolute Gasteiger partial charge is 0.481 e. The number of rotatable bonds is 6. The van der Waals surface area contributed by atoms with Crippen molar-refractivity contribution in [3.05, 3.63) is 11.8 Å². The van der Waals surface area contributed by atoms with Crippen molar-refractivity contribution in [3.63, 3.8) is 0 Å². The van der Waals surface area contributed by atoms with Gasteiger partial charge in [-0.2, -0.15) is 4.98 Å². The molecule has 0 saturated carbocycles. The van der Waals surface area contributed by atoms with Crippen molar-refractivity contribution >= 4 is 11.9 Å². The molecular weight excluding hydrogens is 222 g/mol. The molecule has 17 heavy (non-hydrogen) atoms. The first-order chi connectivity index (χ1) is 8.15. The summed E-state index contributed by atoms with van der Waals surface area (Å²) in [5.41, 5.74) is 0.801. The highest BCUT2D eigenvalue weighted by Crippen LogP contribution is 2.10. The SMILES string of the molecule is CCOC(=O)CCNc1nc(C)cc(OC)n1. The monoisotopic (exact) mass is 239 g/mol. The molecule has 0 spiro atoms. The molecule has 0 radical (unpaired) electrons. The fourth-order valence-corrected chi connectivity index (χ4v) is 1.23. The normalized spacial score (nSPS) is 9.82. The Kier molecular flexibility index (Phi) is 5.19. The molecule has 0 bridgehead atoms. The Bertz CT molecular complexity index is 382. The first-order valence-corrected chi connectivity index (χ1v) is 5.45. The van der Waals surface area contributed by atoms with Crippen LogP contribution >= 0.6 is 0 Å². The van der Waals surface area contributed by atoms with Gasteiger partial charge in [0.2, 0.25) is 11.8 Å². The Morgan fingerprint density at radius 1 is 1.47 bits per heavy atom. The summed E-state index contributed by atoms with van der Waals surface area (Å²) in [6.07, 6.45) is 0.285. The van der Waals surface area contributed by atoms with Gasteiger partial charge in [-0.1, -0.05) is 0 Å². The number of ether oxygens (including phenoxy) is 2. The Morgan fingerprint density at radius 3 is 2.88 bits per heavy atom. The third kappa shape index (κ3) is 4.67. The Hall–Kier alpha value is -1.85. The van der Waals surface area contributed by atoms with Crippen molar-refractivity contribution in [3.8, 4) is 5.88 Å². The standard InChI is InChI=1S/C11H17N3O3/c1-4-17-10(15)5-6-12-11-13-8(2)7-9(14-11)16-3/h7H,4-6H2,1-3H3,(H,12,13,14). The molecule has 0 fully saturated rings. The van der Waals surface area contributed by atoms with E-state index < -0.39 is 0 Å². The van der Waals surface area contributed by atoms with E-state index in [1.165, 1.54) is 0 Å². The van der Waals surface area contributed by atoms with E-state index in [4.69, 9.17) is 9.47 Å². The zero-order valence-electron chi connectivity index (χ0n) is 10.3. The van der Waals surface area contributed by atoms with E-state index in [1.54, 1.807) is 20.1 Å². The molecule has 0 amide bonds. The van der Waals surface area contributed by atoms with Gasteiger partial charge in [0.15, 0.2) is 0 Å². The van der Waals surface area contributed by atoms with E-state index >= 15 is 0 Å².